The van der Waals surface area contributed by atoms with Crippen molar-refractivity contribution in [2.75, 3.05) is 4.90 Å². The third-order valence-electron chi connectivity index (χ3n) is 12.5. The molecule has 2 heterocycles. The lowest BCUT2D eigenvalue weighted by Gasteiger charge is -2.39. The molecule has 0 fully saturated rings. The highest BCUT2D eigenvalue weighted by molar-refractivity contribution is 6.10. The molecule has 58 heavy (non-hydrogen) atoms. The molecule has 9 aromatic carbocycles. The molecule has 3 heteroatoms. The van der Waals surface area contributed by atoms with Crippen LogP contribution in [0, 0.1) is 0 Å². The molecule has 1 aromatic heterocycles. The Kier molecular flexibility index (Phi) is 7.12. The van der Waals surface area contributed by atoms with Crippen LogP contribution in [0.3, 0.4) is 0 Å². The van der Waals surface area contributed by atoms with E-state index in [4.69, 9.17) is 9.15 Å². The number of nitrogens with zero attached hydrogens (tertiary/aromatic N) is 1. The largest absolute Gasteiger partial charge is 0.457 e. The normalized spacial score (nSPS) is 13.3. The first-order valence-electron chi connectivity index (χ1n) is 20.2. The molecule has 12 rings (SSSR count). The Morgan fingerprint density at radius 3 is 1.84 bits per heavy atom. The molecule has 0 saturated heterocycles. The number of rotatable bonds is 5. The minimum atomic E-state index is -0.496. The highest BCUT2D eigenvalue weighted by Crippen LogP contribution is 2.62. The van der Waals surface area contributed by atoms with E-state index in [9.17, 15) is 0 Å². The SMILES string of the molecule is CCc1c(N(c2cccc3ccccc23)c2ccc(-c3ccc4c(c3)-c3ccccc3C43c4ccccc4Oc4ccccc43)c3ccccc23)oc2ccccc12. The number of hydrogen-bond acceptors (Lipinski definition) is 3. The molecule has 1 aliphatic heterocycles. The Morgan fingerprint density at radius 1 is 0.448 bits per heavy atom. The van der Waals surface area contributed by atoms with Crippen molar-refractivity contribution in [3.05, 3.63) is 222 Å². The molecule has 0 atom stereocenters. The molecule has 0 amide bonds. The van der Waals surface area contributed by atoms with Gasteiger partial charge in [0, 0.05) is 32.8 Å². The van der Waals surface area contributed by atoms with Crippen LogP contribution < -0.4 is 9.64 Å². The summed E-state index contributed by atoms with van der Waals surface area (Å²) in [5, 5.41) is 5.84. The van der Waals surface area contributed by atoms with Gasteiger partial charge in [-0.25, -0.2) is 0 Å². The van der Waals surface area contributed by atoms with E-state index in [1.54, 1.807) is 0 Å². The fourth-order valence-corrected chi connectivity index (χ4v) is 10.1. The summed E-state index contributed by atoms with van der Waals surface area (Å²) >= 11 is 0. The van der Waals surface area contributed by atoms with Gasteiger partial charge in [0.1, 0.15) is 17.1 Å². The Balaban J connectivity index is 1.09. The van der Waals surface area contributed by atoms with Gasteiger partial charge in [-0.05, 0) is 87.0 Å². The van der Waals surface area contributed by atoms with Crippen molar-refractivity contribution in [3.8, 4) is 33.8 Å². The highest BCUT2D eigenvalue weighted by atomic mass is 16.5. The fourth-order valence-electron chi connectivity index (χ4n) is 10.1. The summed E-state index contributed by atoms with van der Waals surface area (Å²) in [7, 11) is 0. The van der Waals surface area contributed by atoms with Crippen molar-refractivity contribution in [1.82, 2.24) is 0 Å². The van der Waals surface area contributed by atoms with Crippen LogP contribution in [0.25, 0.3) is 54.8 Å². The van der Waals surface area contributed by atoms with Gasteiger partial charge in [0.15, 0.2) is 0 Å². The summed E-state index contributed by atoms with van der Waals surface area (Å²) in [6.07, 6.45) is 0.836. The van der Waals surface area contributed by atoms with Gasteiger partial charge in [0.05, 0.1) is 16.8 Å². The van der Waals surface area contributed by atoms with Crippen LogP contribution in [0.2, 0.25) is 0 Å². The Bertz CT molecular complexity index is 3230. The van der Waals surface area contributed by atoms with Crippen molar-refractivity contribution in [1.29, 1.82) is 0 Å². The lowest BCUT2D eigenvalue weighted by molar-refractivity contribution is 0.436. The van der Waals surface area contributed by atoms with Crippen LogP contribution in [0.4, 0.5) is 17.3 Å². The molecule has 1 spiro atoms. The summed E-state index contributed by atoms with van der Waals surface area (Å²) in [5.41, 5.74) is 13.5. The zero-order valence-electron chi connectivity index (χ0n) is 31.9. The minimum Gasteiger partial charge on any atom is -0.457 e. The van der Waals surface area contributed by atoms with Gasteiger partial charge in [-0.2, -0.15) is 0 Å². The summed E-state index contributed by atoms with van der Waals surface area (Å²) in [6.45, 7) is 2.22. The molecule has 274 valence electrons. The first-order chi connectivity index (χ1) is 28.7. The second-order valence-electron chi connectivity index (χ2n) is 15.4. The zero-order chi connectivity index (χ0) is 38.4. The predicted molar refractivity (Wildman–Crippen MR) is 238 cm³/mol. The second-order valence-corrected chi connectivity index (χ2v) is 15.4. The van der Waals surface area contributed by atoms with Crippen molar-refractivity contribution in [2.45, 2.75) is 18.8 Å². The van der Waals surface area contributed by atoms with Crippen molar-refractivity contribution < 1.29 is 9.15 Å². The van der Waals surface area contributed by atoms with Crippen molar-refractivity contribution in [2.24, 2.45) is 0 Å². The maximum absolute atomic E-state index is 6.88. The standard InChI is InChI=1S/C55H37NO2/c1-2-37-43-22-8-12-27-51(43)58-54(37)56(49-26-15-17-35-16-3-4-18-39(35)49)50-33-31-38(40-19-5-6-21-42(40)50)36-30-32-46-44(34-36)41-20-7-9-23-45(41)55(46)47-24-10-13-28-52(47)57-53-29-14-11-25-48(53)55/h3-34H,2H2,1H3. The Hall–Kier alpha value is -7.36. The summed E-state index contributed by atoms with van der Waals surface area (Å²) in [4.78, 5) is 2.36. The summed E-state index contributed by atoms with van der Waals surface area (Å²) in [6, 6.07) is 70.2. The van der Waals surface area contributed by atoms with Crippen LogP contribution in [0.15, 0.2) is 199 Å². The molecular weight excluding hydrogens is 707 g/mol. The van der Waals surface area contributed by atoms with Crippen molar-refractivity contribution >= 4 is 49.8 Å². The van der Waals surface area contributed by atoms with E-state index in [0.717, 1.165) is 51.5 Å². The van der Waals surface area contributed by atoms with E-state index >= 15 is 0 Å². The zero-order valence-corrected chi connectivity index (χ0v) is 31.9. The van der Waals surface area contributed by atoms with Gasteiger partial charge in [0.25, 0.3) is 0 Å². The number of anilines is 3. The predicted octanol–water partition coefficient (Wildman–Crippen LogP) is 14.9. The molecule has 0 radical (unpaired) electrons. The van der Waals surface area contributed by atoms with E-state index in [1.165, 1.54) is 66.2 Å². The van der Waals surface area contributed by atoms with Crippen LogP contribution in [-0.4, -0.2) is 0 Å². The van der Waals surface area contributed by atoms with Crippen LogP contribution >= 0.6 is 0 Å². The number of fused-ring (bicyclic) bond motifs is 12. The number of ether oxygens (including phenoxy) is 1. The maximum Gasteiger partial charge on any atom is 0.209 e. The summed E-state index contributed by atoms with van der Waals surface area (Å²) < 4.78 is 13.5. The number of hydrogen-bond donors (Lipinski definition) is 0. The lowest BCUT2D eigenvalue weighted by atomic mass is 9.66. The average Bonchev–Trinajstić information content (AvgIpc) is 3.80. The van der Waals surface area contributed by atoms with Gasteiger partial charge in [-0.3, -0.25) is 4.90 Å². The van der Waals surface area contributed by atoms with E-state index in [-0.39, 0.29) is 0 Å². The quantitative estimate of drug-likeness (QED) is 0.176. The molecule has 0 N–H and O–H groups in total. The van der Waals surface area contributed by atoms with E-state index in [2.05, 4.69) is 206 Å². The van der Waals surface area contributed by atoms with Gasteiger partial charge in [-0.1, -0.05) is 165 Å². The van der Waals surface area contributed by atoms with E-state index < -0.39 is 5.41 Å². The molecule has 3 nitrogen and oxygen atoms in total. The fraction of sp³-hybridized carbons (Fsp3) is 0.0545. The maximum atomic E-state index is 6.88. The third-order valence-corrected chi connectivity index (χ3v) is 12.5. The minimum absolute atomic E-state index is 0.496. The molecule has 2 aliphatic rings. The van der Waals surface area contributed by atoms with Crippen LogP contribution in [0.5, 0.6) is 11.5 Å². The molecule has 0 bridgehead atoms. The van der Waals surface area contributed by atoms with Gasteiger partial charge < -0.3 is 9.15 Å². The topological polar surface area (TPSA) is 25.6 Å². The monoisotopic (exact) mass is 743 g/mol. The molecule has 0 saturated carbocycles. The first kappa shape index (κ1) is 32.8. The number of aryl methyl sites for hydroxylation is 1. The second kappa shape index (κ2) is 12.6. The first-order valence-corrected chi connectivity index (χ1v) is 20.2. The molecule has 1 aliphatic carbocycles. The van der Waals surface area contributed by atoms with Gasteiger partial charge in [0.2, 0.25) is 5.88 Å². The van der Waals surface area contributed by atoms with Crippen LogP contribution in [0.1, 0.15) is 34.7 Å². The number of furan rings is 1. The number of benzene rings is 9. The number of para-hydroxylation sites is 3. The summed E-state index contributed by atoms with van der Waals surface area (Å²) in [5.74, 6) is 2.66. The van der Waals surface area contributed by atoms with Crippen LogP contribution in [-0.2, 0) is 11.8 Å². The van der Waals surface area contributed by atoms with E-state index in [1.807, 2.05) is 0 Å². The molecule has 10 aromatic rings. The lowest BCUT2D eigenvalue weighted by Crippen LogP contribution is -2.32. The van der Waals surface area contributed by atoms with Gasteiger partial charge >= 0.3 is 0 Å². The molecular formula is C55H37NO2. The van der Waals surface area contributed by atoms with Gasteiger partial charge in [-0.15, -0.1) is 0 Å². The third kappa shape index (κ3) is 4.50. The molecule has 0 unspecified atom stereocenters. The van der Waals surface area contributed by atoms with Crippen molar-refractivity contribution in [3.63, 3.8) is 0 Å². The Labute approximate surface area is 337 Å². The smallest absolute Gasteiger partial charge is 0.209 e. The van der Waals surface area contributed by atoms with E-state index in [0.29, 0.717) is 0 Å². The average molecular weight is 744 g/mol. The Morgan fingerprint density at radius 2 is 1.05 bits per heavy atom. The highest BCUT2D eigenvalue weighted by Gasteiger charge is 2.51.